The normalized spacial score (nSPS) is 26.1. The second kappa shape index (κ2) is 9.11. The zero-order chi connectivity index (χ0) is 16.9. The van der Waals surface area contributed by atoms with E-state index < -0.39 is 0 Å². The molecule has 2 atom stereocenters. The van der Waals surface area contributed by atoms with Crippen molar-refractivity contribution in [3.63, 3.8) is 0 Å². The Hall–Kier alpha value is -0.240. The van der Waals surface area contributed by atoms with Crippen LogP contribution in [0.2, 0.25) is 0 Å². The van der Waals surface area contributed by atoms with Gasteiger partial charge in [0.15, 0.2) is 0 Å². The summed E-state index contributed by atoms with van der Waals surface area (Å²) in [6.45, 7) is 4.63. The van der Waals surface area contributed by atoms with E-state index in [1.807, 2.05) is 23.2 Å². The largest absolute Gasteiger partial charge is 0.368 e. The molecule has 0 aliphatic carbocycles. The van der Waals surface area contributed by atoms with Crippen molar-refractivity contribution in [2.45, 2.75) is 12.2 Å². The number of aromatic nitrogens is 2. The molecule has 2 saturated heterocycles. The minimum absolute atomic E-state index is 0.0347. The maximum absolute atomic E-state index is 5.80. The molecule has 0 N–H and O–H groups in total. The summed E-state index contributed by atoms with van der Waals surface area (Å²) in [7, 11) is 0. The lowest BCUT2D eigenvalue weighted by Gasteiger charge is -2.32. The van der Waals surface area contributed by atoms with Crippen LogP contribution in [0.5, 0.6) is 0 Å². The number of nitrogens with zero attached hydrogens (tertiary/aromatic N) is 4. The van der Waals surface area contributed by atoms with E-state index >= 15 is 0 Å². The van der Waals surface area contributed by atoms with Crippen LogP contribution >= 0.6 is 47.1 Å². The van der Waals surface area contributed by atoms with Crippen molar-refractivity contribution in [3.05, 3.63) is 33.2 Å². The molecule has 4 heterocycles. The van der Waals surface area contributed by atoms with Crippen LogP contribution < -0.4 is 0 Å². The highest BCUT2D eigenvalue weighted by Gasteiger charge is 2.27. The Bertz CT molecular complexity index is 576. The molecule has 0 amide bonds. The molecule has 0 bridgehead atoms. The fourth-order valence-corrected chi connectivity index (χ4v) is 5.41. The smallest absolute Gasteiger partial charge is 0.123 e. The summed E-state index contributed by atoms with van der Waals surface area (Å²) in [5, 5.41) is 6.01. The molecule has 0 saturated carbocycles. The Kier molecular flexibility index (Phi) is 6.61. The summed E-state index contributed by atoms with van der Waals surface area (Å²) in [5.74, 6) is 0. The van der Waals surface area contributed by atoms with Crippen LogP contribution in [-0.4, -0.2) is 58.0 Å². The van der Waals surface area contributed by atoms with Gasteiger partial charge in [-0.1, -0.05) is 0 Å². The Morgan fingerprint density at radius 3 is 1.88 bits per heavy atom. The quantitative estimate of drug-likeness (QED) is 0.520. The number of rotatable bonds is 6. The predicted molar refractivity (Wildman–Crippen MR) is 101 cm³/mol. The summed E-state index contributed by atoms with van der Waals surface area (Å²) in [6.07, 6.45) is 3.71. The van der Waals surface area contributed by atoms with Gasteiger partial charge in [0.25, 0.3) is 0 Å². The van der Waals surface area contributed by atoms with Gasteiger partial charge in [0.1, 0.15) is 22.2 Å². The molecular formula is C14H18N4O3S4. The van der Waals surface area contributed by atoms with Gasteiger partial charge in [-0.05, 0) is 0 Å². The van der Waals surface area contributed by atoms with Crippen LogP contribution in [0.3, 0.4) is 0 Å². The van der Waals surface area contributed by atoms with Crippen molar-refractivity contribution in [2.75, 3.05) is 39.4 Å². The molecule has 7 nitrogen and oxygen atoms in total. The highest BCUT2D eigenvalue weighted by molar-refractivity contribution is 8.05. The molecule has 0 aromatic carbocycles. The molecule has 11 heteroatoms. The van der Waals surface area contributed by atoms with Gasteiger partial charge in [0.2, 0.25) is 0 Å². The zero-order valence-electron chi connectivity index (χ0n) is 13.4. The minimum atomic E-state index is 0.0347. The van der Waals surface area contributed by atoms with E-state index in [1.165, 1.54) is 24.5 Å². The van der Waals surface area contributed by atoms with E-state index in [0.717, 1.165) is 36.2 Å². The van der Waals surface area contributed by atoms with Crippen molar-refractivity contribution < 1.29 is 13.1 Å². The van der Waals surface area contributed by atoms with Crippen molar-refractivity contribution in [1.29, 1.82) is 0 Å². The van der Waals surface area contributed by atoms with Crippen LogP contribution in [0.1, 0.15) is 22.2 Å². The van der Waals surface area contributed by atoms with Gasteiger partial charge in [-0.15, -0.1) is 22.7 Å². The average molecular weight is 419 g/mol. The molecular weight excluding hydrogens is 400 g/mol. The molecule has 2 aromatic heterocycles. The third-order valence-corrected chi connectivity index (χ3v) is 7.09. The number of hydrogen-bond donors (Lipinski definition) is 0. The summed E-state index contributed by atoms with van der Waals surface area (Å²) in [4.78, 5) is 8.69. The maximum Gasteiger partial charge on any atom is 0.123 e. The van der Waals surface area contributed by atoms with Crippen LogP contribution in [0.25, 0.3) is 0 Å². The van der Waals surface area contributed by atoms with Crippen LogP contribution in [-0.2, 0) is 13.1 Å². The van der Waals surface area contributed by atoms with E-state index in [-0.39, 0.29) is 12.2 Å². The highest BCUT2D eigenvalue weighted by Crippen LogP contribution is 2.32. The summed E-state index contributed by atoms with van der Waals surface area (Å²) in [6, 6.07) is 0. The van der Waals surface area contributed by atoms with Crippen molar-refractivity contribution in [1.82, 2.24) is 18.6 Å². The summed E-state index contributed by atoms with van der Waals surface area (Å²) < 4.78 is 21.8. The second-order valence-electron chi connectivity index (χ2n) is 5.45. The van der Waals surface area contributed by atoms with Gasteiger partial charge < -0.3 is 9.47 Å². The van der Waals surface area contributed by atoms with Gasteiger partial charge in [-0.2, -0.15) is 0 Å². The monoisotopic (exact) mass is 418 g/mol. The van der Waals surface area contributed by atoms with Crippen LogP contribution in [0.15, 0.2) is 23.2 Å². The summed E-state index contributed by atoms with van der Waals surface area (Å²) in [5.41, 5.74) is 0. The number of ether oxygens (including phenoxy) is 2. The van der Waals surface area contributed by atoms with E-state index in [1.54, 1.807) is 22.7 Å². The highest BCUT2D eigenvalue weighted by atomic mass is 32.2. The molecule has 2 aromatic rings. The first-order valence-electron chi connectivity index (χ1n) is 7.92. The van der Waals surface area contributed by atoms with E-state index in [9.17, 15) is 0 Å². The third-order valence-electron chi connectivity index (χ3n) is 3.78. The van der Waals surface area contributed by atoms with Gasteiger partial charge >= 0.3 is 0 Å². The van der Waals surface area contributed by atoms with E-state index in [0.29, 0.717) is 13.2 Å². The fourth-order valence-electron chi connectivity index (χ4n) is 2.57. The maximum atomic E-state index is 5.80. The molecule has 0 spiro atoms. The lowest BCUT2D eigenvalue weighted by molar-refractivity contribution is -0.00230. The molecule has 2 fully saturated rings. The SMILES string of the molecule is c1csc(C2CN(SOSN3CCOC(c4nccs4)C3)CCO2)n1. The molecule has 4 rings (SSSR count). The molecule has 136 valence electrons. The average Bonchev–Trinajstić information content (AvgIpc) is 3.36. The predicted octanol–water partition coefficient (Wildman–Crippen LogP) is 3.19. The van der Waals surface area contributed by atoms with Gasteiger partial charge in [0.05, 0.1) is 37.7 Å². The number of thiazole rings is 2. The van der Waals surface area contributed by atoms with Gasteiger partial charge in [-0.25, -0.2) is 22.2 Å². The Balaban J connectivity index is 1.21. The Morgan fingerprint density at radius 2 is 1.44 bits per heavy atom. The van der Waals surface area contributed by atoms with Crippen LogP contribution in [0.4, 0.5) is 0 Å². The van der Waals surface area contributed by atoms with E-state index in [2.05, 4.69) is 18.6 Å². The minimum Gasteiger partial charge on any atom is -0.368 e. The molecule has 2 aliphatic rings. The first-order chi connectivity index (χ1) is 12.4. The first kappa shape index (κ1) is 18.1. The topological polar surface area (TPSA) is 60.0 Å². The molecule has 2 unspecified atom stereocenters. The Morgan fingerprint density at radius 1 is 0.920 bits per heavy atom. The van der Waals surface area contributed by atoms with Crippen molar-refractivity contribution in [2.24, 2.45) is 0 Å². The van der Waals surface area contributed by atoms with Crippen molar-refractivity contribution >= 4 is 47.1 Å². The molecule has 2 aliphatic heterocycles. The van der Waals surface area contributed by atoms with Crippen LogP contribution in [0, 0.1) is 0 Å². The number of hydrogen-bond acceptors (Lipinski definition) is 11. The standard InChI is InChI=1S/C14H18N4O3S4/c1-7-22-13(15-1)11-9-17(3-5-19-11)24-21-25-18-4-6-20-12(10-18)14-16-2-8-23-14/h1-2,7-8,11-12H,3-6,9-10H2. The van der Waals surface area contributed by atoms with Gasteiger partial charge in [0, 0.05) is 49.3 Å². The first-order valence-corrected chi connectivity index (χ1v) is 11.1. The fraction of sp³-hybridized carbons (Fsp3) is 0.571. The summed E-state index contributed by atoms with van der Waals surface area (Å²) >= 11 is 6.04. The lowest BCUT2D eigenvalue weighted by Crippen LogP contribution is -2.35. The third kappa shape index (κ3) is 4.93. The Labute approximate surface area is 163 Å². The molecule has 0 radical (unpaired) electrons. The zero-order valence-corrected chi connectivity index (χ0v) is 16.6. The lowest BCUT2D eigenvalue weighted by atomic mass is 10.3. The van der Waals surface area contributed by atoms with E-state index in [4.69, 9.17) is 13.1 Å². The second-order valence-corrected chi connectivity index (χ2v) is 9.18. The van der Waals surface area contributed by atoms with Crippen molar-refractivity contribution in [3.8, 4) is 0 Å². The van der Waals surface area contributed by atoms with Gasteiger partial charge in [-0.3, -0.25) is 0 Å². The molecule has 25 heavy (non-hydrogen) atoms. The number of morpholine rings is 2.